The summed E-state index contributed by atoms with van der Waals surface area (Å²) in [5.74, 6) is -1.86. The molecule has 0 aliphatic carbocycles. The van der Waals surface area contributed by atoms with Crippen molar-refractivity contribution in [2.24, 2.45) is 0 Å². The van der Waals surface area contributed by atoms with E-state index < -0.39 is 35.8 Å². The van der Waals surface area contributed by atoms with Crippen LogP contribution in [0.5, 0.6) is 5.75 Å². The molecule has 11 heteroatoms. The van der Waals surface area contributed by atoms with Gasteiger partial charge in [-0.2, -0.15) is 23.0 Å². The minimum absolute atomic E-state index is 0.0405. The first-order chi connectivity index (χ1) is 15.7. The molecule has 1 aromatic heterocycles. The van der Waals surface area contributed by atoms with Crippen LogP contribution in [0.15, 0.2) is 65.5 Å². The molecule has 0 fully saturated rings. The van der Waals surface area contributed by atoms with Crippen LogP contribution in [-0.2, 0) is 15.7 Å². The monoisotopic (exact) mass is 461 g/mol. The minimum atomic E-state index is -4.50. The number of carbonyl (C=O) groups excluding carboxylic acids is 2. The summed E-state index contributed by atoms with van der Waals surface area (Å²) in [4.78, 5) is 37.0. The summed E-state index contributed by atoms with van der Waals surface area (Å²) >= 11 is 0. The van der Waals surface area contributed by atoms with Crippen molar-refractivity contribution < 1.29 is 32.2 Å². The molecule has 8 nitrogen and oxygen atoms in total. The zero-order valence-corrected chi connectivity index (χ0v) is 17.3. The van der Waals surface area contributed by atoms with Gasteiger partial charge in [-0.05, 0) is 43.3 Å². The number of carbonyl (C=O) groups is 2. The Hall–Kier alpha value is -4.15. The van der Waals surface area contributed by atoms with E-state index in [0.29, 0.717) is 5.69 Å². The number of rotatable bonds is 7. The quantitative estimate of drug-likeness (QED) is 0.541. The molecule has 0 aliphatic rings. The van der Waals surface area contributed by atoms with Gasteiger partial charge in [-0.25, -0.2) is 4.79 Å². The largest absolute Gasteiger partial charge is 0.481 e. The predicted octanol–water partition coefficient (Wildman–Crippen LogP) is 3.45. The molecular weight excluding hydrogens is 443 g/mol. The molecule has 0 spiro atoms. The Bertz CT molecular complexity index is 1190. The number of halogens is 3. The molecule has 0 bridgehead atoms. The second kappa shape index (κ2) is 9.98. The standard InChI is InChI=1S/C22H18F3N3O5/c1-2-32-21(31)20-17(12-19(30)28(27-20)16-6-4-3-5-7-16)33-13-18(29)26-15-10-8-14(9-11-15)22(23,24)25/h3-12H,2,13H2,1H3,(H,26,29). The number of benzene rings is 2. The van der Waals surface area contributed by atoms with Crippen LogP contribution in [0, 0.1) is 0 Å². The smallest absolute Gasteiger partial charge is 0.416 e. The van der Waals surface area contributed by atoms with Crippen LogP contribution in [0.1, 0.15) is 23.0 Å². The van der Waals surface area contributed by atoms with Crippen LogP contribution in [0.3, 0.4) is 0 Å². The highest BCUT2D eigenvalue weighted by Gasteiger charge is 2.30. The topological polar surface area (TPSA) is 99.5 Å². The molecule has 2 aromatic carbocycles. The van der Waals surface area contributed by atoms with Gasteiger partial charge in [0.25, 0.3) is 11.5 Å². The molecule has 0 atom stereocenters. The number of alkyl halides is 3. The van der Waals surface area contributed by atoms with E-state index in [1.807, 2.05) is 0 Å². The lowest BCUT2D eigenvalue weighted by molar-refractivity contribution is -0.137. The minimum Gasteiger partial charge on any atom is -0.481 e. The maximum absolute atomic E-state index is 12.6. The van der Waals surface area contributed by atoms with Gasteiger partial charge in [0.1, 0.15) is 0 Å². The lowest BCUT2D eigenvalue weighted by Crippen LogP contribution is -2.27. The number of para-hydroxylation sites is 1. The molecular formula is C22H18F3N3O5. The van der Waals surface area contributed by atoms with Crippen LogP contribution < -0.4 is 15.6 Å². The average Bonchev–Trinajstić information content (AvgIpc) is 2.78. The third kappa shape index (κ3) is 5.97. The highest BCUT2D eigenvalue weighted by molar-refractivity contribution is 5.93. The van der Waals surface area contributed by atoms with E-state index in [1.165, 1.54) is 0 Å². The second-order valence-corrected chi connectivity index (χ2v) is 6.58. The molecule has 1 heterocycles. The summed E-state index contributed by atoms with van der Waals surface area (Å²) < 4.78 is 49.2. The van der Waals surface area contributed by atoms with Crippen molar-refractivity contribution in [1.29, 1.82) is 0 Å². The highest BCUT2D eigenvalue weighted by Crippen LogP contribution is 2.29. The molecule has 3 rings (SSSR count). The molecule has 0 aliphatic heterocycles. The Morgan fingerprint density at radius 2 is 1.73 bits per heavy atom. The van der Waals surface area contributed by atoms with E-state index >= 15 is 0 Å². The Morgan fingerprint density at radius 3 is 2.33 bits per heavy atom. The fourth-order valence-corrected chi connectivity index (χ4v) is 2.73. The number of nitrogens with one attached hydrogen (secondary N) is 1. The van der Waals surface area contributed by atoms with E-state index in [0.717, 1.165) is 35.0 Å². The van der Waals surface area contributed by atoms with Crippen molar-refractivity contribution in [1.82, 2.24) is 9.78 Å². The highest BCUT2D eigenvalue weighted by atomic mass is 19.4. The van der Waals surface area contributed by atoms with Gasteiger partial charge in [-0.15, -0.1) is 0 Å². The molecule has 0 unspecified atom stereocenters. The van der Waals surface area contributed by atoms with Crippen LogP contribution in [0.4, 0.5) is 18.9 Å². The van der Waals surface area contributed by atoms with Crippen molar-refractivity contribution in [2.75, 3.05) is 18.5 Å². The summed E-state index contributed by atoms with van der Waals surface area (Å²) in [6.07, 6.45) is -4.50. The van der Waals surface area contributed by atoms with Gasteiger partial charge in [0.05, 0.1) is 23.9 Å². The first-order valence-corrected chi connectivity index (χ1v) is 9.66. The van der Waals surface area contributed by atoms with Crippen LogP contribution in [0.2, 0.25) is 0 Å². The van der Waals surface area contributed by atoms with Gasteiger partial charge in [0.2, 0.25) is 5.69 Å². The van der Waals surface area contributed by atoms with Crippen molar-refractivity contribution >= 4 is 17.6 Å². The van der Waals surface area contributed by atoms with Gasteiger partial charge in [0, 0.05) is 5.69 Å². The fourth-order valence-electron chi connectivity index (χ4n) is 2.73. The zero-order chi connectivity index (χ0) is 24.0. The van der Waals surface area contributed by atoms with Crippen molar-refractivity contribution in [3.8, 4) is 11.4 Å². The summed E-state index contributed by atoms with van der Waals surface area (Å²) in [6, 6.07) is 13.2. The first-order valence-electron chi connectivity index (χ1n) is 9.66. The Labute approximate surface area is 185 Å². The van der Waals surface area contributed by atoms with Crippen molar-refractivity contribution in [2.45, 2.75) is 13.1 Å². The van der Waals surface area contributed by atoms with Gasteiger partial charge in [-0.1, -0.05) is 18.2 Å². The molecule has 0 saturated carbocycles. The number of hydrogen-bond acceptors (Lipinski definition) is 6. The second-order valence-electron chi connectivity index (χ2n) is 6.58. The van der Waals surface area contributed by atoms with Crippen LogP contribution in [-0.4, -0.2) is 34.9 Å². The maximum Gasteiger partial charge on any atom is 0.416 e. The van der Waals surface area contributed by atoms with Crippen LogP contribution in [0.25, 0.3) is 5.69 Å². The number of hydrogen-bond donors (Lipinski definition) is 1. The normalized spacial score (nSPS) is 11.0. The van der Waals surface area contributed by atoms with Gasteiger partial charge < -0.3 is 14.8 Å². The third-order valence-corrected chi connectivity index (χ3v) is 4.22. The first kappa shape index (κ1) is 23.5. The van der Waals surface area contributed by atoms with Gasteiger partial charge in [0.15, 0.2) is 12.4 Å². The summed E-state index contributed by atoms with van der Waals surface area (Å²) in [5, 5.41) is 6.39. The van der Waals surface area contributed by atoms with E-state index in [2.05, 4.69) is 10.4 Å². The lowest BCUT2D eigenvalue weighted by Gasteiger charge is -2.13. The van der Waals surface area contributed by atoms with Crippen LogP contribution >= 0.6 is 0 Å². The molecule has 33 heavy (non-hydrogen) atoms. The fraction of sp³-hybridized carbons (Fsp3) is 0.182. The zero-order valence-electron chi connectivity index (χ0n) is 17.3. The van der Waals surface area contributed by atoms with E-state index in [9.17, 15) is 27.6 Å². The number of amides is 1. The maximum atomic E-state index is 12.6. The lowest BCUT2D eigenvalue weighted by atomic mass is 10.2. The number of esters is 1. The van der Waals surface area contributed by atoms with E-state index in [1.54, 1.807) is 37.3 Å². The molecule has 3 aromatic rings. The van der Waals surface area contributed by atoms with Gasteiger partial charge >= 0.3 is 12.1 Å². The molecule has 172 valence electrons. The molecule has 1 amide bonds. The molecule has 0 saturated heterocycles. The number of ether oxygens (including phenoxy) is 2. The average molecular weight is 461 g/mol. The number of nitrogens with zero attached hydrogens (tertiary/aromatic N) is 2. The SMILES string of the molecule is CCOC(=O)c1nn(-c2ccccc2)c(=O)cc1OCC(=O)Nc1ccc(C(F)(F)F)cc1. The Kier molecular flexibility index (Phi) is 7.11. The summed E-state index contributed by atoms with van der Waals surface area (Å²) in [5.41, 5.74) is -1.28. The van der Waals surface area contributed by atoms with E-state index in [4.69, 9.17) is 9.47 Å². The van der Waals surface area contributed by atoms with Crippen molar-refractivity contribution in [3.63, 3.8) is 0 Å². The third-order valence-electron chi connectivity index (χ3n) is 4.22. The predicted molar refractivity (Wildman–Crippen MR) is 111 cm³/mol. The Morgan fingerprint density at radius 1 is 1.06 bits per heavy atom. The van der Waals surface area contributed by atoms with Crippen molar-refractivity contribution in [3.05, 3.63) is 82.3 Å². The van der Waals surface area contributed by atoms with Gasteiger partial charge in [-0.3, -0.25) is 9.59 Å². The number of anilines is 1. The summed E-state index contributed by atoms with van der Waals surface area (Å²) in [7, 11) is 0. The molecule has 1 N–H and O–H groups in total. The molecule has 0 radical (unpaired) electrons. The van der Waals surface area contributed by atoms with E-state index in [-0.39, 0.29) is 23.7 Å². The summed E-state index contributed by atoms with van der Waals surface area (Å²) in [6.45, 7) is 0.992. The Balaban J connectivity index is 1.78. The number of aromatic nitrogens is 2.